The highest BCUT2D eigenvalue weighted by atomic mass is 16.2. The van der Waals surface area contributed by atoms with Crippen molar-refractivity contribution in [2.75, 3.05) is 19.6 Å². The average molecular weight is 432 g/mol. The molecule has 3 atom stereocenters. The van der Waals surface area contributed by atoms with Crippen molar-refractivity contribution >= 4 is 11.9 Å². The minimum Gasteiger partial charge on any atom is -0.338 e. The van der Waals surface area contributed by atoms with E-state index in [9.17, 15) is 9.59 Å². The molecule has 0 spiro atoms. The second-order valence-electron chi connectivity index (χ2n) is 9.65. The summed E-state index contributed by atoms with van der Waals surface area (Å²) in [6, 6.07) is 14.9. The van der Waals surface area contributed by atoms with E-state index >= 15 is 0 Å². The third kappa shape index (κ3) is 3.78. The normalized spacial score (nSPS) is 24.4. The summed E-state index contributed by atoms with van der Waals surface area (Å²) >= 11 is 0. The molecule has 2 aromatic rings. The van der Waals surface area contributed by atoms with E-state index in [-0.39, 0.29) is 29.9 Å². The van der Waals surface area contributed by atoms with Gasteiger partial charge in [0.2, 0.25) is 5.91 Å². The maximum atomic E-state index is 13.5. The van der Waals surface area contributed by atoms with Crippen LogP contribution < -0.4 is 5.32 Å². The van der Waals surface area contributed by atoms with Crippen molar-refractivity contribution in [3.8, 4) is 0 Å². The SMILES string of the molecule is Cc1cc2c(cc1C)[C@@H]1C[C@@H]3[C@@H](CCCN3C(=O)NCCc3ccccc3)C(=O)N1CC2. The summed E-state index contributed by atoms with van der Waals surface area (Å²) in [7, 11) is 0. The summed E-state index contributed by atoms with van der Waals surface area (Å²) in [6.07, 6.45) is 4.38. The third-order valence-electron chi connectivity index (χ3n) is 7.75. The van der Waals surface area contributed by atoms with E-state index in [1.54, 1.807) is 0 Å². The number of benzene rings is 2. The molecule has 5 rings (SSSR count). The number of nitrogens with one attached hydrogen (secondary N) is 1. The van der Waals surface area contributed by atoms with Gasteiger partial charge in [-0.15, -0.1) is 0 Å². The summed E-state index contributed by atoms with van der Waals surface area (Å²) in [5.41, 5.74) is 6.47. The average Bonchev–Trinajstić information content (AvgIpc) is 2.80. The third-order valence-corrected chi connectivity index (χ3v) is 7.75. The van der Waals surface area contributed by atoms with Crippen molar-refractivity contribution in [1.29, 1.82) is 0 Å². The van der Waals surface area contributed by atoms with Crippen LogP contribution in [-0.2, 0) is 17.6 Å². The Balaban J connectivity index is 1.33. The van der Waals surface area contributed by atoms with E-state index in [1.165, 1.54) is 27.8 Å². The van der Waals surface area contributed by atoms with Gasteiger partial charge in [0.1, 0.15) is 0 Å². The van der Waals surface area contributed by atoms with Gasteiger partial charge in [-0.3, -0.25) is 4.79 Å². The summed E-state index contributed by atoms with van der Waals surface area (Å²) in [4.78, 5) is 30.7. The van der Waals surface area contributed by atoms with Gasteiger partial charge in [0.25, 0.3) is 0 Å². The Bertz CT molecular complexity index is 1020. The Morgan fingerprint density at radius 2 is 1.88 bits per heavy atom. The number of hydrogen-bond acceptors (Lipinski definition) is 2. The molecule has 0 radical (unpaired) electrons. The first-order chi connectivity index (χ1) is 15.5. The molecule has 2 aromatic carbocycles. The maximum absolute atomic E-state index is 13.5. The van der Waals surface area contributed by atoms with Crippen LogP contribution in [0.1, 0.15) is 53.1 Å². The molecule has 3 heterocycles. The molecule has 1 N–H and O–H groups in total. The lowest BCUT2D eigenvalue weighted by molar-refractivity contribution is -0.148. The molecule has 0 aromatic heterocycles. The Morgan fingerprint density at radius 3 is 2.69 bits per heavy atom. The van der Waals surface area contributed by atoms with Crippen LogP contribution in [0.3, 0.4) is 0 Å². The highest BCUT2D eigenvalue weighted by Gasteiger charge is 2.48. The van der Waals surface area contributed by atoms with Crippen LogP contribution in [0.15, 0.2) is 42.5 Å². The van der Waals surface area contributed by atoms with Gasteiger partial charge in [-0.1, -0.05) is 42.5 Å². The molecule has 3 aliphatic rings. The second kappa shape index (κ2) is 8.61. The summed E-state index contributed by atoms with van der Waals surface area (Å²) in [6.45, 7) is 6.45. The van der Waals surface area contributed by atoms with Gasteiger partial charge < -0.3 is 15.1 Å². The molecule has 168 valence electrons. The number of nitrogens with zero attached hydrogens (tertiary/aromatic N) is 2. The Morgan fingerprint density at radius 1 is 1.09 bits per heavy atom. The zero-order valence-corrected chi connectivity index (χ0v) is 19.1. The van der Waals surface area contributed by atoms with Crippen molar-refractivity contribution in [2.45, 2.75) is 58.0 Å². The Labute approximate surface area is 190 Å². The lowest BCUT2D eigenvalue weighted by atomic mass is 9.75. The van der Waals surface area contributed by atoms with Gasteiger partial charge in [-0.2, -0.15) is 0 Å². The highest BCUT2D eigenvalue weighted by molar-refractivity contribution is 5.83. The molecule has 0 saturated carbocycles. The molecule has 0 bridgehead atoms. The lowest BCUT2D eigenvalue weighted by Crippen LogP contribution is -2.61. The fourth-order valence-corrected chi connectivity index (χ4v) is 5.90. The van der Waals surface area contributed by atoms with Crippen molar-refractivity contribution in [2.24, 2.45) is 5.92 Å². The largest absolute Gasteiger partial charge is 0.338 e. The minimum absolute atomic E-state index is 0.0122. The quantitative estimate of drug-likeness (QED) is 0.793. The summed E-state index contributed by atoms with van der Waals surface area (Å²) in [5.74, 6) is 0.185. The number of hydrogen-bond donors (Lipinski definition) is 1. The fourth-order valence-electron chi connectivity index (χ4n) is 5.90. The number of fused-ring (bicyclic) bond motifs is 4. The molecule has 32 heavy (non-hydrogen) atoms. The second-order valence-corrected chi connectivity index (χ2v) is 9.65. The number of urea groups is 1. The first kappa shape index (κ1) is 21.0. The minimum atomic E-state index is -0.0621. The molecule has 3 aliphatic heterocycles. The number of carbonyl (C=O) groups is 2. The first-order valence-corrected chi connectivity index (χ1v) is 12.0. The van der Waals surface area contributed by atoms with Crippen LogP contribution >= 0.6 is 0 Å². The highest BCUT2D eigenvalue weighted by Crippen LogP contribution is 2.44. The maximum Gasteiger partial charge on any atom is 0.317 e. The fraction of sp³-hybridized carbons (Fsp3) is 0.481. The van der Waals surface area contributed by atoms with Gasteiger partial charge in [0.05, 0.1) is 12.0 Å². The molecule has 5 heteroatoms. The van der Waals surface area contributed by atoms with E-state index in [2.05, 4.69) is 48.3 Å². The predicted octanol–water partition coefficient (Wildman–Crippen LogP) is 4.17. The number of carbonyl (C=O) groups excluding carboxylic acids is 2. The summed E-state index contributed by atoms with van der Waals surface area (Å²) in [5, 5.41) is 3.12. The van der Waals surface area contributed by atoms with Crippen molar-refractivity contribution in [1.82, 2.24) is 15.1 Å². The predicted molar refractivity (Wildman–Crippen MR) is 125 cm³/mol. The number of aryl methyl sites for hydroxylation is 2. The van der Waals surface area contributed by atoms with Crippen LogP contribution in [0.4, 0.5) is 4.79 Å². The van der Waals surface area contributed by atoms with Gasteiger partial charge >= 0.3 is 6.03 Å². The monoisotopic (exact) mass is 431 g/mol. The van der Waals surface area contributed by atoms with Gasteiger partial charge in [0, 0.05) is 25.7 Å². The molecule has 2 fully saturated rings. The first-order valence-electron chi connectivity index (χ1n) is 12.0. The standard InChI is InChI=1S/C27H33N3O2/c1-18-15-21-11-14-29-25(23(21)16-19(18)2)17-24-22(26(29)31)9-6-13-30(24)27(32)28-12-10-20-7-4-3-5-8-20/h3-5,7-8,15-16,22,24-25H,6,9-14,17H2,1-2H3,(H,28,32)/t22-,24-,25+/m1/s1. The van der Waals surface area contributed by atoms with Crippen molar-refractivity contribution in [3.05, 3.63) is 70.3 Å². The number of rotatable bonds is 3. The van der Waals surface area contributed by atoms with E-state index in [1.807, 2.05) is 23.1 Å². The zero-order chi connectivity index (χ0) is 22.2. The van der Waals surface area contributed by atoms with Gasteiger partial charge in [0.15, 0.2) is 0 Å². The zero-order valence-electron chi connectivity index (χ0n) is 19.1. The van der Waals surface area contributed by atoms with Gasteiger partial charge in [-0.25, -0.2) is 4.79 Å². The topological polar surface area (TPSA) is 52.7 Å². The van der Waals surface area contributed by atoms with E-state index in [0.29, 0.717) is 6.54 Å². The van der Waals surface area contributed by atoms with Crippen LogP contribution in [0.25, 0.3) is 0 Å². The van der Waals surface area contributed by atoms with Crippen molar-refractivity contribution < 1.29 is 9.59 Å². The number of likely N-dealkylation sites (tertiary alicyclic amines) is 1. The van der Waals surface area contributed by atoms with E-state index in [0.717, 1.165) is 45.2 Å². The van der Waals surface area contributed by atoms with Crippen LogP contribution in [-0.4, -0.2) is 47.4 Å². The number of amides is 3. The molecule has 3 amide bonds. The molecular formula is C27H33N3O2. The van der Waals surface area contributed by atoms with Crippen LogP contribution in [0.2, 0.25) is 0 Å². The van der Waals surface area contributed by atoms with Crippen LogP contribution in [0.5, 0.6) is 0 Å². The molecule has 5 nitrogen and oxygen atoms in total. The van der Waals surface area contributed by atoms with E-state index in [4.69, 9.17) is 0 Å². The molecule has 0 aliphatic carbocycles. The Hall–Kier alpha value is -2.82. The van der Waals surface area contributed by atoms with Gasteiger partial charge in [-0.05, 0) is 73.8 Å². The molecule has 0 unspecified atom stereocenters. The smallest absolute Gasteiger partial charge is 0.317 e. The van der Waals surface area contributed by atoms with Crippen LogP contribution in [0, 0.1) is 19.8 Å². The molecular weight excluding hydrogens is 398 g/mol. The molecule has 2 saturated heterocycles. The summed E-state index contributed by atoms with van der Waals surface area (Å²) < 4.78 is 0. The van der Waals surface area contributed by atoms with E-state index < -0.39 is 0 Å². The van der Waals surface area contributed by atoms with Crippen molar-refractivity contribution in [3.63, 3.8) is 0 Å². The lowest BCUT2D eigenvalue weighted by Gasteiger charge is -2.51. The number of piperidine rings is 2. The Kier molecular flexibility index (Phi) is 5.66.